The molecule has 4 nitrogen and oxygen atoms in total. The van der Waals surface area contributed by atoms with Crippen LogP contribution >= 0.6 is 0 Å². The summed E-state index contributed by atoms with van der Waals surface area (Å²) in [6, 6.07) is 6.01. The number of rotatable bonds is 3. The van der Waals surface area contributed by atoms with Gasteiger partial charge in [-0.25, -0.2) is 13.2 Å². The quantitative estimate of drug-likeness (QED) is 0.602. The topological polar surface area (TPSA) is 67.2 Å². The van der Waals surface area contributed by atoms with Crippen LogP contribution in [-0.2, 0) is 0 Å². The molecule has 0 spiro atoms. The number of nitrogens with one attached hydrogen (secondary N) is 2. The van der Waals surface area contributed by atoms with E-state index in [0.29, 0.717) is 11.3 Å². The number of carbonyl (C=O) groups is 1. The summed E-state index contributed by atoms with van der Waals surface area (Å²) in [5.41, 5.74) is 6.66. The minimum atomic E-state index is -1.54. The largest absolute Gasteiger partial charge is 0.397 e. The summed E-state index contributed by atoms with van der Waals surface area (Å²) >= 11 is 0. The Morgan fingerprint density at radius 3 is 2.24 bits per heavy atom. The van der Waals surface area contributed by atoms with Crippen molar-refractivity contribution in [1.82, 2.24) is 5.32 Å². The van der Waals surface area contributed by atoms with Crippen molar-refractivity contribution in [2.45, 2.75) is 0 Å². The predicted octanol–water partition coefficient (Wildman–Crippen LogP) is 2.79. The molecule has 0 radical (unpaired) electrons. The number of carbonyl (C=O) groups excluding carboxylic acids is 1. The summed E-state index contributed by atoms with van der Waals surface area (Å²) in [6.45, 7) is 0. The maximum Gasteiger partial charge on any atom is 0.251 e. The van der Waals surface area contributed by atoms with E-state index in [2.05, 4.69) is 10.6 Å². The molecular weight excluding hydrogens is 283 g/mol. The van der Waals surface area contributed by atoms with E-state index >= 15 is 0 Å². The molecule has 0 unspecified atom stereocenters. The van der Waals surface area contributed by atoms with E-state index in [4.69, 9.17) is 5.73 Å². The highest BCUT2D eigenvalue weighted by molar-refractivity contribution is 5.96. The highest BCUT2D eigenvalue weighted by Crippen LogP contribution is 2.26. The third-order valence-corrected chi connectivity index (χ3v) is 2.80. The fourth-order valence-corrected chi connectivity index (χ4v) is 1.75. The number of hydrogen-bond donors (Lipinski definition) is 3. The van der Waals surface area contributed by atoms with Crippen LogP contribution in [-0.4, -0.2) is 13.0 Å². The molecule has 0 aromatic heterocycles. The third kappa shape index (κ3) is 3.07. The van der Waals surface area contributed by atoms with E-state index in [1.807, 2.05) is 0 Å². The van der Waals surface area contributed by atoms with E-state index in [1.54, 1.807) is 0 Å². The molecule has 2 aromatic carbocycles. The van der Waals surface area contributed by atoms with Crippen molar-refractivity contribution in [2.75, 3.05) is 18.1 Å². The summed E-state index contributed by atoms with van der Waals surface area (Å²) in [4.78, 5) is 11.4. The summed E-state index contributed by atoms with van der Waals surface area (Å²) in [5.74, 6) is -4.47. The SMILES string of the molecule is CNC(=O)c1ccc(Nc2cc(F)c(F)c(F)c2)c(N)c1. The van der Waals surface area contributed by atoms with Crippen LogP contribution in [0.3, 0.4) is 0 Å². The van der Waals surface area contributed by atoms with Crippen molar-refractivity contribution in [3.63, 3.8) is 0 Å². The zero-order chi connectivity index (χ0) is 15.6. The van der Waals surface area contributed by atoms with Crippen LogP contribution in [0.2, 0.25) is 0 Å². The van der Waals surface area contributed by atoms with Gasteiger partial charge in [0.25, 0.3) is 5.91 Å². The highest BCUT2D eigenvalue weighted by atomic mass is 19.2. The van der Waals surface area contributed by atoms with Gasteiger partial charge in [-0.3, -0.25) is 4.79 Å². The first kappa shape index (κ1) is 14.7. The zero-order valence-corrected chi connectivity index (χ0v) is 11.0. The summed E-state index contributed by atoms with van der Waals surface area (Å²) < 4.78 is 39.1. The Morgan fingerprint density at radius 2 is 1.71 bits per heavy atom. The second-order valence-electron chi connectivity index (χ2n) is 4.26. The standard InChI is InChI=1S/C14H12F3N3O/c1-19-14(21)7-2-3-12(11(18)4-7)20-8-5-9(15)13(17)10(16)6-8/h2-6,20H,18H2,1H3,(H,19,21). The number of nitrogens with two attached hydrogens (primary N) is 1. The van der Waals surface area contributed by atoms with Crippen molar-refractivity contribution < 1.29 is 18.0 Å². The van der Waals surface area contributed by atoms with Gasteiger partial charge in [0.05, 0.1) is 11.4 Å². The lowest BCUT2D eigenvalue weighted by atomic mass is 10.1. The molecule has 0 saturated heterocycles. The number of hydrogen-bond acceptors (Lipinski definition) is 3. The molecule has 2 rings (SSSR count). The van der Waals surface area contributed by atoms with E-state index < -0.39 is 17.5 Å². The Balaban J connectivity index is 2.30. The van der Waals surface area contributed by atoms with E-state index in [1.165, 1.54) is 25.2 Å². The van der Waals surface area contributed by atoms with Gasteiger partial charge in [0.15, 0.2) is 17.5 Å². The van der Waals surface area contributed by atoms with Crippen LogP contribution < -0.4 is 16.4 Å². The lowest BCUT2D eigenvalue weighted by molar-refractivity contribution is 0.0963. The Kier molecular flexibility index (Phi) is 4.02. The Hall–Kier alpha value is -2.70. The first-order valence-electron chi connectivity index (χ1n) is 5.95. The van der Waals surface area contributed by atoms with Gasteiger partial charge in [-0.2, -0.15) is 0 Å². The summed E-state index contributed by atoms with van der Waals surface area (Å²) in [5, 5.41) is 5.10. The molecule has 0 aliphatic carbocycles. The van der Waals surface area contributed by atoms with Crippen molar-refractivity contribution in [2.24, 2.45) is 0 Å². The molecule has 0 aliphatic rings. The average molecular weight is 295 g/mol. The lowest BCUT2D eigenvalue weighted by Gasteiger charge is -2.11. The highest BCUT2D eigenvalue weighted by Gasteiger charge is 2.12. The van der Waals surface area contributed by atoms with Crippen LogP contribution in [0.5, 0.6) is 0 Å². The summed E-state index contributed by atoms with van der Waals surface area (Å²) in [7, 11) is 1.48. The fraction of sp³-hybridized carbons (Fsp3) is 0.0714. The van der Waals surface area contributed by atoms with Crippen molar-refractivity contribution in [3.8, 4) is 0 Å². The first-order valence-corrected chi connectivity index (χ1v) is 5.95. The van der Waals surface area contributed by atoms with Gasteiger partial charge >= 0.3 is 0 Å². The fourth-order valence-electron chi connectivity index (χ4n) is 1.75. The molecule has 7 heteroatoms. The predicted molar refractivity (Wildman–Crippen MR) is 73.8 cm³/mol. The van der Waals surface area contributed by atoms with Gasteiger partial charge < -0.3 is 16.4 Å². The number of benzene rings is 2. The van der Waals surface area contributed by atoms with Crippen LogP contribution in [0.4, 0.5) is 30.2 Å². The third-order valence-electron chi connectivity index (χ3n) is 2.80. The number of amides is 1. The first-order chi connectivity index (χ1) is 9.92. The molecule has 1 amide bonds. The molecular formula is C14H12F3N3O. The number of nitrogen functional groups attached to an aromatic ring is 1. The van der Waals surface area contributed by atoms with Crippen LogP contribution in [0.1, 0.15) is 10.4 Å². The maximum atomic E-state index is 13.1. The molecule has 21 heavy (non-hydrogen) atoms. The Morgan fingerprint density at radius 1 is 1.10 bits per heavy atom. The molecule has 0 heterocycles. The average Bonchev–Trinajstić information content (AvgIpc) is 2.46. The molecule has 0 aliphatic heterocycles. The maximum absolute atomic E-state index is 13.1. The smallest absolute Gasteiger partial charge is 0.251 e. The molecule has 110 valence electrons. The minimum absolute atomic E-state index is 0.00536. The minimum Gasteiger partial charge on any atom is -0.397 e. The number of anilines is 3. The Bertz CT molecular complexity index is 681. The number of halogens is 3. The molecule has 4 N–H and O–H groups in total. The van der Waals surface area contributed by atoms with E-state index in [0.717, 1.165) is 12.1 Å². The molecule has 0 saturated carbocycles. The second kappa shape index (κ2) is 5.74. The van der Waals surface area contributed by atoms with Gasteiger partial charge in [0, 0.05) is 30.4 Å². The molecule has 0 atom stereocenters. The summed E-state index contributed by atoms with van der Waals surface area (Å²) in [6.07, 6.45) is 0. The van der Waals surface area contributed by atoms with Crippen molar-refractivity contribution in [3.05, 3.63) is 53.3 Å². The second-order valence-corrected chi connectivity index (χ2v) is 4.26. The van der Waals surface area contributed by atoms with Crippen molar-refractivity contribution in [1.29, 1.82) is 0 Å². The van der Waals surface area contributed by atoms with Crippen LogP contribution in [0, 0.1) is 17.5 Å². The van der Waals surface area contributed by atoms with Gasteiger partial charge in [-0.1, -0.05) is 0 Å². The zero-order valence-electron chi connectivity index (χ0n) is 11.0. The van der Waals surface area contributed by atoms with Crippen LogP contribution in [0.15, 0.2) is 30.3 Å². The normalized spacial score (nSPS) is 10.3. The van der Waals surface area contributed by atoms with E-state index in [9.17, 15) is 18.0 Å². The van der Waals surface area contributed by atoms with Gasteiger partial charge in [-0.15, -0.1) is 0 Å². The van der Waals surface area contributed by atoms with E-state index in [-0.39, 0.29) is 17.3 Å². The Labute approximate surface area is 118 Å². The van der Waals surface area contributed by atoms with Gasteiger partial charge in [-0.05, 0) is 18.2 Å². The van der Waals surface area contributed by atoms with Gasteiger partial charge in [0.1, 0.15) is 0 Å². The van der Waals surface area contributed by atoms with Crippen molar-refractivity contribution >= 4 is 23.0 Å². The van der Waals surface area contributed by atoms with Crippen LogP contribution in [0.25, 0.3) is 0 Å². The van der Waals surface area contributed by atoms with Gasteiger partial charge in [0.2, 0.25) is 0 Å². The molecule has 0 bridgehead atoms. The monoisotopic (exact) mass is 295 g/mol. The lowest BCUT2D eigenvalue weighted by Crippen LogP contribution is -2.18. The molecule has 2 aromatic rings. The molecule has 0 fully saturated rings.